The third-order valence-corrected chi connectivity index (χ3v) is 6.66. The summed E-state index contributed by atoms with van der Waals surface area (Å²) in [6, 6.07) is 6.53. The van der Waals surface area contributed by atoms with E-state index in [9.17, 15) is 0 Å². The first kappa shape index (κ1) is 21.5. The van der Waals surface area contributed by atoms with Crippen molar-refractivity contribution in [2.24, 2.45) is 0 Å². The van der Waals surface area contributed by atoms with Crippen molar-refractivity contribution in [2.45, 2.75) is 57.8 Å². The quantitative estimate of drug-likeness (QED) is 0.731. The van der Waals surface area contributed by atoms with Crippen molar-refractivity contribution in [1.29, 1.82) is 0 Å². The molecule has 3 heterocycles. The number of likely N-dealkylation sites (tertiary alicyclic amines) is 1. The summed E-state index contributed by atoms with van der Waals surface area (Å²) < 4.78 is 17.5. The molecule has 4 rings (SSSR count). The number of nitrogens with zero attached hydrogens (tertiary/aromatic N) is 3. The van der Waals surface area contributed by atoms with E-state index >= 15 is 0 Å². The van der Waals surface area contributed by atoms with Crippen molar-refractivity contribution >= 4 is 29.4 Å². The van der Waals surface area contributed by atoms with Gasteiger partial charge >= 0.3 is 7.12 Å². The van der Waals surface area contributed by atoms with E-state index in [-0.39, 0.29) is 18.3 Å². The van der Waals surface area contributed by atoms with Gasteiger partial charge in [0.05, 0.1) is 23.3 Å². The molecule has 0 bridgehead atoms. The Morgan fingerprint density at radius 2 is 1.87 bits per heavy atom. The van der Waals surface area contributed by atoms with Crippen LogP contribution in [0.3, 0.4) is 0 Å². The largest absolute Gasteiger partial charge is 0.494 e. The highest BCUT2D eigenvalue weighted by molar-refractivity contribution is 6.62. The number of fused-ring (bicyclic) bond motifs is 1. The monoisotopic (exact) mass is 412 g/mol. The molecule has 1 aromatic heterocycles. The first-order valence-corrected chi connectivity index (χ1v) is 10.9. The maximum Gasteiger partial charge on any atom is 0.494 e. The summed E-state index contributed by atoms with van der Waals surface area (Å²) in [5, 5.41) is 4.50. The van der Waals surface area contributed by atoms with Crippen LogP contribution in [0.2, 0.25) is 0 Å². The molecule has 0 aliphatic carbocycles. The Bertz CT molecular complexity index is 868. The molecule has 2 saturated heterocycles. The first-order valence-electron chi connectivity index (χ1n) is 10.9. The summed E-state index contributed by atoms with van der Waals surface area (Å²) in [4.78, 5) is 11.7. The van der Waals surface area contributed by atoms with Gasteiger partial charge in [0.2, 0.25) is 5.95 Å². The molecular weight excluding hydrogens is 379 g/mol. The molecule has 0 unspecified atom stereocenters. The number of rotatable bonds is 6. The summed E-state index contributed by atoms with van der Waals surface area (Å²) in [5.74, 6) is 0.696. The van der Waals surface area contributed by atoms with E-state index in [2.05, 4.69) is 49.0 Å². The smallest absolute Gasteiger partial charge is 0.399 e. The van der Waals surface area contributed by atoms with Crippen LogP contribution in [-0.2, 0) is 14.0 Å². The first-order chi connectivity index (χ1) is 14.3. The Balaban J connectivity index is 1.41. The van der Waals surface area contributed by atoms with Gasteiger partial charge in [0.15, 0.2) is 0 Å². The van der Waals surface area contributed by atoms with Gasteiger partial charge in [-0.1, -0.05) is 12.1 Å². The molecule has 1 aromatic carbocycles. The van der Waals surface area contributed by atoms with Crippen LogP contribution in [0.15, 0.2) is 24.4 Å². The van der Waals surface area contributed by atoms with Gasteiger partial charge < -0.3 is 24.3 Å². The minimum Gasteiger partial charge on any atom is -0.399 e. The predicted molar refractivity (Wildman–Crippen MR) is 120 cm³/mol. The van der Waals surface area contributed by atoms with Crippen LogP contribution in [0.25, 0.3) is 10.9 Å². The SMILES string of the molecule is COCCN1CCC(Nc2ncc3cc(B4OC(C)(C)C(C)(C)O4)ccc3n2)CC1. The molecule has 0 amide bonds. The molecule has 8 heteroatoms. The Kier molecular flexibility index (Phi) is 6.03. The summed E-state index contributed by atoms with van der Waals surface area (Å²) >= 11 is 0. The third-order valence-electron chi connectivity index (χ3n) is 6.66. The lowest BCUT2D eigenvalue weighted by Gasteiger charge is -2.32. The fourth-order valence-corrected chi connectivity index (χ4v) is 3.95. The zero-order valence-electron chi connectivity index (χ0n) is 18.8. The molecule has 2 fully saturated rings. The number of ether oxygens (including phenoxy) is 1. The molecule has 2 aliphatic heterocycles. The van der Waals surface area contributed by atoms with Gasteiger partial charge in [-0.05, 0) is 52.1 Å². The van der Waals surface area contributed by atoms with Gasteiger partial charge in [-0.15, -0.1) is 0 Å². The fourth-order valence-electron chi connectivity index (χ4n) is 3.95. The second-order valence-electron chi connectivity index (χ2n) is 9.35. The topological polar surface area (TPSA) is 68.7 Å². The van der Waals surface area contributed by atoms with Crippen molar-refractivity contribution in [3.05, 3.63) is 24.4 Å². The van der Waals surface area contributed by atoms with E-state index < -0.39 is 0 Å². The predicted octanol–water partition coefficient (Wildman–Crippen LogP) is 2.45. The highest BCUT2D eigenvalue weighted by atomic mass is 16.7. The fraction of sp³-hybridized carbons (Fsp3) is 0.636. The Labute approximate surface area is 179 Å². The number of piperidine rings is 1. The van der Waals surface area contributed by atoms with Crippen LogP contribution in [0.1, 0.15) is 40.5 Å². The van der Waals surface area contributed by atoms with E-state index in [1.807, 2.05) is 18.3 Å². The van der Waals surface area contributed by atoms with E-state index in [0.29, 0.717) is 12.0 Å². The van der Waals surface area contributed by atoms with Gasteiger partial charge in [-0.3, -0.25) is 0 Å². The standard InChI is InChI=1S/C22H33BN4O3/c1-21(2)22(3,4)30-23(29-21)17-6-7-19-16(14-17)15-24-20(26-19)25-18-8-10-27(11-9-18)12-13-28-5/h6-7,14-15,18H,8-13H2,1-5H3,(H,24,25,26). The van der Waals surface area contributed by atoms with Crippen molar-refractivity contribution < 1.29 is 14.0 Å². The molecule has 0 saturated carbocycles. The van der Waals surface area contributed by atoms with E-state index in [1.165, 1.54) is 0 Å². The number of nitrogens with one attached hydrogen (secondary N) is 1. The summed E-state index contributed by atoms with van der Waals surface area (Å²) in [7, 11) is 1.38. The minimum atomic E-state index is -0.375. The lowest BCUT2D eigenvalue weighted by molar-refractivity contribution is 0.00578. The summed E-state index contributed by atoms with van der Waals surface area (Å²) in [5.41, 5.74) is 1.21. The van der Waals surface area contributed by atoms with Gasteiger partial charge in [0, 0.05) is 44.4 Å². The molecule has 162 valence electrons. The Morgan fingerprint density at radius 1 is 1.17 bits per heavy atom. The Hall–Kier alpha value is -1.74. The average molecular weight is 412 g/mol. The molecule has 30 heavy (non-hydrogen) atoms. The van der Waals surface area contributed by atoms with Crippen LogP contribution in [0, 0.1) is 0 Å². The van der Waals surface area contributed by atoms with Crippen molar-refractivity contribution in [1.82, 2.24) is 14.9 Å². The number of hydrogen-bond donors (Lipinski definition) is 1. The number of aromatic nitrogens is 2. The molecule has 1 N–H and O–H groups in total. The molecule has 2 aromatic rings. The molecular formula is C22H33BN4O3. The van der Waals surface area contributed by atoms with Crippen molar-refractivity contribution in [3.63, 3.8) is 0 Å². The normalized spacial score (nSPS) is 22.0. The molecule has 0 atom stereocenters. The average Bonchev–Trinajstić information content (AvgIpc) is 2.94. The molecule has 0 radical (unpaired) electrons. The lowest BCUT2D eigenvalue weighted by Crippen LogP contribution is -2.41. The van der Waals surface area contributed by atoms with Crippen LogP contribution < -0.4 is 10.8 Å². The second kappa shape index (κ2) is 8.42. The number of benzene rings is 1. The number of hydrogen-bond acceptors (Lipinski definition) is 7. The van der Waals surface area contributed by atoms with E-state index in [0.717, 1.165) is 55.4 Å². The van der Waals surface area contributed by atoms with Gasteiger partial charge in [-0.25, -0.2) is 9.97 Å². The molecule has 7 nitrogen and oxygen atoms in total. The van der Waals surface area contributed by atoms with Crippen LogP contribution >= 0.6 is 0 Å². The molecule has 0 spiro atoms. The summed E-state index contributed by atoms with van der Waals surface area (Å²) in [6.07, 6.45) is 4.06. The highest BCUT2D eigenvalue weighted by Crippen LogP contribution is 2.36. The minimum absolute atomic E-state index is 0.351. The van der Waals surface area contributed by atoms with Gasteiger partial charge in [-0.2, -0.15) is 0 Å². The highest BCUT2D eigenvalue weighted by Gasteiger charge is 2.51. The molecule has 2 aliphatic rings. The van der Waals surface area contributed by atoms with Crippen molar-refractivity contribution in [3.8, 4) is 0 Å². The third kappa shape index (κ3) is 4.47. The van der Waals surface area contributed by atoms with Crippen LogP contribution in [0.4, 0.5) is 5.95 Å². The summed E-state index contributed by atoms with van der Waals surface area (Å²) in [6.45, 7) is 12.2. The van der Waals surface area contributed by atoms with Crippen LogP contribution in [0.5, 0.6) is 0 Å². The second-order valence-corrected chi connectivity index (χ2v) is 9.35. The lowest BCUT2D eigenvalue weighted by atomic mass is 9.78. The van der Waals surface area contributed by atoms with Crippen molar-refractivity contribution in [2.75, 3.05) is 38.7 Å². The maximum atomic E-state index is 6.17. The maximum absolute atomic E-state index is 6.17. The van der Waals surface area contributed by atoms with Crippen LogP contribution in [-0.4, -0.2) is 72.6 Å². The van der Waals surface area contributed by atoms with E-state index in [4.69, 9.17) is 19.0 Å². The van der Waals surface area contributed by atoms with E-state index in [1.54, 1.807) is 7.11 Å². The zero-order chi connectivity index (χ0) is 21.4. The van der Waals surface area contributed by atoms with Gasteiger partial charge in [0.25, 0.3) is 0 Å². The van der Waals surface area contributed by atoms with Gasteiger partial charge in [0.1, 0.15) is 0 Å². The number of anilines is 1. The Morgan fingerprint density at radius 3 is 2.53 bits per heavy atom. The number of methoxy groups -OCH3 is 1. The zero-order valence-corrected chi connectivity index (χ0v) is 18.8.